The standard InChI is InChI=1S/C23H21F3N4O/c24-23(25,26)15-5-4-13(8-17-18-11-28-12-19(17)18)21(9-15)30-22(31)29-20-3-1-2-14-10-27-7-6-16(14)20/h1-7,9-10,17-19,28H,8,11-12H2,(H2,29,30,31). The van der Waals surface area contributed by atoms with E-state index in [9.17, 15) is 18.0 Å². The first-order chi connectivity index (χ1) is 14.9. The first kappa shape index (κ1) is 19.8. The molecule has 1 aliphatic heterocycles. The maximum atomic E-state index is 13.3. The lowest BCUT2D eigenvalue weighted by Gasteiger charge is -2.16. The van der Waals surface area contributed by atoms with Crippen molar-refractivity contribution in [1.82, 2.24) is 10.3 Å². The van der Waals surface area contributed by atoms with Crippen LogP contribution in [0.5, 0.6) is 0 Å². The molecule has 3 aromatic rings. The number of pyridine rings is 1. The number of nitrogens with one attached hydrogen (secondary N) is 3. The topological polar surface area (TPSA) is 66.1 Å². The van der Waals surface area contributed by atoms with E-state index >= 15 is 0 Å². The molecule has 1 saturated heterocycles. The molecule has 2 aromatic carbocycles. The molecule has 0 radical (unpaired) electrons. The third-order valence-electron chi connectivity index (χ3n) is 6.34. The number of piperidine rings is 1. The number of urea groups is 1. The molecule has 3 N–H and O–H groups in total. The summed E-state index contributed by atoms with van der Waals surface area (Å²) < 4.78 is 39.8. The minimum atomic E-state index is -4.48. The second-order valence-electron chi connectivity index (χ2n) is 8.21. The fourth-order valence-corrected chi connectivity index (χ4v) is 4.66. The van der Waals surface area contributed by atoms with Gasteiger partial charge in [0.15, 0.2) is 0 Å². The van der Waals surface area contributed by atoms with Crippen molar-refractivity contribution in [3.8, 4) is 0 Å². The Kier molecular flexibility index (Phi) is 4.81. The molecule has 160 valence electrons. The highest BCUT2D eigenvalue weighted by Gasteiger charge is 2.52. The van der Waals surface area contributed by atoms with Crippen LogP contribution in [0.2, 0.25) is 0 Å². The van der Waals surface area contributed by atoms with E-state index in [2.05, 4.69) is 20.9 Å². The fraction of sp³-hybridized carbons (Fsp3) is 0.304. The zero-order valence-electron chi connectivity index (χ0n) is 16.5. The van der Waals surface area contributed by atoms with Gasteiger partial charge >= 0.3 is 12.2 Å². The molecular weight excluding hydrogens is 405 g/mol. The number of nitrogens with zero attached hydrogens (tertiary/aromatic N) is 1. The normalized spacial score (nSPS) is 22.2. The quantitative estimate of drug-likeness (QED) is 0.556. The van der Waals surface area contributed by atoms with E-state index in [1.807, 2.05) is 6.07 Å². The summed E-state index contributed by atoms with van der Waals surface area (Å²) in [6, 6.07) is 10.2. The van der Waals surface area contributed by atoms with Gasteiger partial charge in [0.1, 0.15) is 0 Å². The monoisotopic (exact) mass is 426 g/mol. The maximum absolute atomic E-state index is 13.3. The molecule has 2 heterocycles. The van der Waals surface area contributed by atoms with Crippen LogP contribution in [0.25, 0.3) is 10.8 Å². The molecule has 2 atom stereocenters. The summed E-state index contributed by atoms with van der Waals surface area (Å²) in [5.41, 5.74) is 0.714. The van der Waals surface area contributed by atoms with Crippen molar-refractivity contribution in [2.75, 3.05) is 23.7 Å². The zero-order chi connectivity index (χ0) is 21.6. The molecule has 1 aliphatic carbocycles. The predicted octanol–water partition coefficient (Wildman–Crippen LogP) is 4.91. The van der Waals surface area contributed by atoms with E-state index in [0.29, 0.717) is 29.9 Å². The maximum Gasteiger partial charge on any atom is 0.416 e. The van der Waals surface area contributed by atoms with E-state index in [1.165, 1.54) is 6.07 Å². The smallest absolute Gasteiger partial charge is 0.316 e. The minimum absolute atomic E-state index is 0.201. The van der Waals surface area contributed by atoms with Gasteiger partial charge in [0.05, 0.1) is 11.3 Å². The summed E-state index contributed by atoms with van der Waals surface area (Å²) in [6.07, 6.45) is -0.513. The summed E-state index contributed by atoms with van der Waals surface area (Å²) in [5.74, 6) is 1.61. The number of carbonyl (C=O) groups is 1. The van der Waals surface area contributed by atoms with E-state index in [1.54, 1.807) is 30.6 Å². The molecule has 5 nitrogen and oxygen atoms in total. The molecule has 8 heteroatoms. The van der Waals surface area contributed by atoms with Gasteiger partial charge in [0.25, 0.3) is 0 Å². The van der Waals surface area contributed by atoms with Crippen molar-refractivity contribution in [3.05, 3.63) is 66.0 Å². The van der Waals surface area contributed by atoms with Gasteiger partial charge in [-0.1, -0.05) is 18.2 Å². The predicted molar refractivity (Wildman–Crippen MR) is 113 cm³/mol. The molecule has 2 amide bonds. The minimum Gasteiger partial charge on any atom is -0.316 e. The van der Waals surface area contributed by atoms with E-state index in [4.69, 9.17) is 0 Å². The number of fused-ring (bicyclic) bond motifs is 2. The molecular formula is C23H21F3N4O. The number of hydrogen-bond donors (Lipinski definition) is 3. The van der Waals surface area contributed by atoms with Crippen LogP contribution in [0, 0.1) is 17.8 Å². The van der Waals surface area contributed by atoms with Crippen LogP contribution < -0.4 is 16.0 Å². The molecule has 31 heavy (non-hydrogen) atoms. The van der Waals surface area contributed by atoms with Crippen LogP contribution in [0.1, 0.15) is 11.1 Å². The summed E-state index contributed by atoms with van der Waals surface area (Å²) in [6.45, 7) is 1.91. The lowest BCUT2D eigenvalue weighted by atomic mass is 10.0. The highest BCUT2D eigenvalue weighted by molar-refractivity contribution is 6.06. The van der Waals surface area contributed by atoms with Gasteiger partial charge < -0.3 is 16.0 Å². The average Bonchev–Trinajstić information content (AvgIpc) is 3.15. The van der Waals surface area contributed by atoms with Crippen LogP contribution in [-0.2, 0) is 12.6 Å². The van der Waals surface area contributed by atoms with Crippen molar-refractivity contribution in [2.45, 2.75) is 12.6 Å². The summed E-state index contributed by atoms with van der Waals surface area (Å²) in [4.78, 5) is 16.8. The van der Waals surface area contributed by atoms with Gasteiger partial charge in [-0.05, 0) is 67.1 Å². The Hall–Kier alpha value is -3.13. The number of alkyl halides is 3. The molecule has 2 aliphatic rings. The second-order valence-corrected chi connectivity index (χ2v) is 8.21. The van der Waals surface area contributed by atoms with Gasteiger partial charge in [-0.15, -0.1) is 0 Å². The second kappa shape index (κ2) is 7.53. The number of carbonyl (C=O) groups excluding carboxylic acids is 1. The van der Waals surface area contributed by atoms with Gasteiger partial charge in [-0.25, -0.2) is 4.79 Å². The number of halogens is 3. The lowest BCUT2D eigenvalue weighted by Crippen LogP contribution is -2.21. The van der Waals surface area contributed by atoms with Crippen LogP contribution in [-0.4, -0.2) is 24.1 Å². The van der Waals surface area contributed by atoms with E-state index < -0.39 is 17.8 Å². The Morgan fingerprint density at radius 3 is 2.61 bits per heavy atom. The third kappa shape index (κ3) is 3.95. The van der Waals surface area contributed by atoms with E-state index in [0.717, 1.165) is 41.6 Å². The first-order valence-corrected chi connectivity index (χ1v) is 10.2. The highest BCUT2D eigenvalue weighted by atomic mass is 19.4. The number of amides is 2. The number of benzene rings is 2. The Bertz CT molecular complexity index is 1130. The third-order valence-corrected chi connectivity index (χ3v) is 6.34. The number of aromatic nitrogens is 1. The Labute approximate surface area is 177 Å². The average molecular weight is 426 g/mol. The Morgan fingerprint density at radius 1 is 1.06 bits per heavy atom. The zero-order valence-corrected chi connectivity index (χ0v) is 16.5. The molecule has 5 rings (SSSR count). The number of hydrogen-bond acceptors (Lipinski definition) is 3. The van der Waals surface area contributed by atoms with Crippen molar-refractivity contribution >= 4 is 28.2 Å². The molecule has 2 fully saturated rings. The van der Waals surface area contributed by atoms with E-state index in [-0.39, 0.29) is 5.69 Å². The summed E-state index contributed by atoms with van der Waals surface area (Å²) in [5, 5.41) is 10.4. The van der Waals surface area contributed by atoms with Crippen molar-refractivity contribution in [2.24, 2.45) is 17.8 Å². The van der Waals surface area contributed by atoms with Crippen molar-refractivity contribution in [3.63, 3.8) is 0 Å². The first-order valence-electron chi connectivity index (χ1n) is 10.2. The largest absolute Gasteiger partial charge is 0.416 e. The lowest BCUT2D eigenvalue weighted by molar-refractivity contribution is -0.137. The van der Waals surface area contributed by atoms with Crippen LogP contribution in [0.3, 0.4) is 0 Å². The van der Waals surface area contributed by atoms with Crippen molar-refractivity contribution in [1.29, 1.82) is 0 Å². The number of rotatable bonds is 4. The fourth-order valence-electron chi connectivity index (χ4n) is 4.66. The summed E-state index contributed by atoms with van der Waals surface area (Å²) in [7, 11) is 0. The van der Waals surface area contributed by atoms with Crippen LogP contribution >= 0.6 is 0 Å². The molecule has 2 unspecified atom stereocenters. The SMILES string of the molecule is O=C(Nc1cc(C(F)(F)F)ccc1CC1C2CNCC21)Nc1cccc2cnccc12. The summed E-state index contributed by atoms with van der Waals surface area (Å²) >= 11 is 0. The van der Waals surface area contributed by atoms with Crippen LogP contribution in [0.15, 0.2) is 54.9 Å². The van der Waals surface area contributed by atoms with Gasteiger partial charge in [-0.2, -0.15) is 13.2 Å². The number of anilines is 2. The van der Waals surface area contributed by atoms with Gasteiger partial charge in [0, 0.05) is 28.9 Å². The Balaban J connectivity index is 1.39. The molecule has 0 spiro atoms. The van der Waals surface area contributed by atoms with Crippen molar-refractivity contribution < 1.29 is 18.0 Å². The molecule has 1 saturated carbocycles. The van der Waals surface area contributed by atoms with Gasteiger partial charge in [-0.3, -0.25) is 4.98 Å². The molecule has 0 bridgehead atoms. The Morgan fingerprint density at radius 2 is 1.84 bits per heavy atom. The molecule has 1 aromatic heterocycles. The van der Waals surface area contributed by atoms with Gasteiger partial charge in [0.2, 0.25) is 0 Å². The highest BCUT2D eigenvalue weighted by Crippen LogP contribution is 2.51. The van der Waals surface area contributed by atoms with Crippen LogP contribution in [0.4, 0.5) is 29.3 Å².